The number of ether oxygens (including phenoxy) is 1. The van der Waals surface area contributed by atoms with Crippen LogP contribution in [0.15, 0.2) is 0 Å². The van der Waals surface area contributed by atoms with Crippen molar-refractivity contribution in [2.75, 3.05) is 19.7 Å². The minimum atomic E-state index is -4.91. The molecular formula is C15H20F3N3O4. The molecule has 0 aromatic rings. The van der Waals surface area contributed by atoms with Gasteiger partial charge in [0.1, 0.15) is 6.61 Å². The number of fused-ring (bicyclic) bond motifs is 1. The molecule has 140 valence electrons. The molecule has 2 aliphatic heterocycles. The van der Waals surface area contributed by atoms with Gasteiger partial charge in [0.2, 0.25) is 11.8 Å². The minimum Gasteiger partial charge on any atom is -0.368 e. The highest BCUT2D eigenvalue weighted by atomic mass is 19.4. The van der Waals surface area contributed by atoms with Crippen LogP contribution in [-0.4, -0.2) is 49.7 Å². The lowest BCUT2D eigenvalue weighted by Gasteiger charge is -2.30. The van der Waals surface area contributed by atoms with E-state index < -0.39 is 48.0 Å². The molecule has 3 unspecified atom stereocenters. The fourth-order valence-electron chi connectivity index (χ4n) is 4.49. The van der Waals surface area contributed by atoms with Crippen LogP contribution in [0.5, 0.6) is 0 Å². The number of ketones is 1. The third kappa shape index (κ3) is 3.37. The number of carbonyl (C=O) groups excluding carboxylic acids is 3. The summed E-state index contributed by atoms with van der Waals surface area (Å²) < 4.78 is 40.6. The molecular weight excluding hydrogens is 343 g/mol. The Kier molecular flexibility index (Phi) is 4.52. The predicted molar refractivity (Wildman–Crippen MR) is 77.8 cm³/mol. The van der Waals surface area contributed by atoms with E-state index in [2.05, 4.69) is 15.4 Å². The van der Waals surface area contributed by atoms with Crippen LogP contribution in [0.25, 0.3) is 0 Å². The average Bonchev–Trinajstić information content (AvgIpc) is 2.88. The molecule has 1 saturated carbocycles. The summed E-state index contributed by atoms with van der Waals surface area (Å²) in [6.45, 7) is -0.172. The summed E-state index contributed by atoms with van der Waals surface area (Å²) in [4.78, 5) is 36.1. The summed E-state index contributed by atoms with van der Waals surface area (Å²) in [5, 5.41) is 5.60. The van der Waals surface area contributed by atoms with Gasteiger partial charge in [-0.05, 0) is 31.7 Å². The van der Waals surface area contributed by atoms with Crippen LogP contribution in [-0.2, 0) is 19.1 Å². The van der Waals surface area contributed by atoms with Gasteiger partial charge in [0.15, 0.2) is 5.78 Å². The molecule has 2 heterocycles. The fourth-order valence-corrected chi connectivity index (χ4v) is 4.49. The van der Waals surface area contributed by atoms with Gasteiger partial charge in [-0.15, -0.1) is 13.2 Å². The third-order valence-corrected chi connectivity index (χ3v) is 5.69. The lowest BCUT2D eigenvalue weighted by molar-refractivity contribution is -0.321. The second-order valence-corrected chi connectivity index (χ2v) is 7.02. The topological polar surface area (TPSA) is 111 Å². The van der Waals surface area contributed by atoms with E-state index in [1.54, 1.807) is 0 Å². The maximum Gasteiger partial charge on any atom is 0.522 e. The Labute approximate surface area is 141 Å². The number of nitrogens with one attached hydrogen (secondary N) is 2. The Morgan fingerprint density at radius 3 is 2.64 bits per heavy atom. The van der Waals surface area contributed by atoms with E-state index in [4.69, 9.17) is 5.73 Å². The molecule has 0 radical (unpaired) electrons. The van der Waals surface area contributed by atoms with Crippen molar-refractivity contribution in [1.82, 2.24) is 10.6 Å². The van der Waals surface area contributed by atoms with Crippen molar-refractivity contribution in [3.63, 3.8) is 0 Å². The largest absolute Gasteiger partial charge is 0.522 e. The Hall–Kier alpha value is -1.68. The highest BCUT2D eigenvalue weighted by Crippen LogP contribution is 2.64. The normalized spacial score (nSPS) is 35.2. The van der Waals surface area contributed by atoms with Crippen molar-refractivity contribution in [2.45, 2.75) is 31.7 Å². The molecule has 4 N–H and O–H groups in total. The van der Waals surface area contributed by atoms with E-state index in [-0.39, 0.29) is 18.2 Å². The molecule has 3 rings (SSSR count). The zero-order valence-electron chi connectivity index (χ0n) is 13.4. The van der Waals surface area contributed by atoms with Gasteiger partial charge < -0.3 is 16.4 Å². The smallest absolute Gasteiger partial charge is 0.368 e. The van der Waals surface area contributed by atoms with Gasteiger partial charge in [0, 0.05) is 23.8 Å². The number of alkyl halides is 3. The molecule has 0 aromatic heterocycles. The zero-order valence-corrected chi connectivity index (χ0v) is 13.4. The molecule has 2 saturated heterocycles. The van der Waals surface area contributed by atoms with Gasteiger partial charge in [-0.1, -0.05) is 0 Å². The van der Waals surface area contributed by atoms with Gasteiger partial charge in [-0.3, -0.25) is 19.1 Å². The Morgan fingerprint density at radius 2 is 2.12 bits per heavy atom. The number of nitrogens with two attached hydrogens (primary N) is 1. The second kappa shape index (κ2) is 6.24. The van der Waals surface area contributed by atoms with Crippen LogP contribution in [0.3, 0.4) is 0 Å². The van der Waals surface area contributed by atoms with Gasteiger partial charge in [-0.25, -0.2) is 0 Å². The maximum atomic E-state index is 12.5. The van der Waals surface area contributed by atoms with E-state index in [9.17, 15) is 27.6 Å². The number of piperidine rings is 1. The van der Waals surface area contributed by atoms with E-state index in [1.165, 1.54) is 0 Å². The number of hydrogen-bond acceptors (Lipinski definition) is 5. The van der Waals surface area contributed by atoms with Crippen LogP contribution < -0.4 is 16.4 Å². The van der Waals surface area contributed by atoms with Crippen molar-refractivity contribution in [1.29, 1.82) is 0 Å². The SMILES string of the molecule is NC(=O)C1NCC2CC21[C@H](C[C@H]1CCNC1=O)C(=O)COC(F)(F)F. The van der Waals surface area contributed by atoms with Crippen molar-refractivity contribution < 1.29 is 32.3 Å². The molecule has 2 amide bonds. The lowest BCUT2D eigenvalue weighted by atomic mass is 9.74. The van der Waals surface area contributed by atoms with Gasteiger partial charge >= 0.3 is 6.36 Å². The van der Waals surface area contributed by atoms with Crippen molar-refractivity contribution in [2.24, 2.45) is 28.9 Å². The maximum absolute atomic E-state index is 12.5. The first-order valence-corrected chi connectivity index (χ1v) is 8.19. The third-order valence-electron chi connectivity index (χ3n) is 5.69. The van der Waals surface area contributed by atoms with Crippen LogP contribution in [0.4, 0.5) is 13.2 Å². The predicted octanol–water partition coefficient (Wildman–Crippen LogP) is -0.302. The van der Waals surface area contributed by atoms with Gasteiger partial charge in [0.25, 0.3) is 0 Å². The summed E-state index contributed by atoms with van der Waals surface area (Å²) in [5.74, 6) is -2.93. The molecule has 10 heteroatoms. The number of hydrogen-bond donors (Lipinski definition) is 3. The Morgan fingerprint density at radius 1 is 1.40 bits per heavy atom. The second-order valence-electron chi connectivity index (χ2n) is 7.02. The Bertz CT molecular complexity index is 597. The summed E-state index contributed by atoms with van der Waals surface area (Å²) in [6.07, 6.45) is -3.76. The summed E-state index contributed by atoms with van der Waals surface area (Å²) in [6, 6.07) is -0.776. The van der Waals surface area contributed by atoms with Crippen LogP contribution in [0.2, 0.25) is 0 Å². The number of carbonyl (C=O) groups is 3. The molecule has 0 spiro atoms. The van der Waals surface area contributed by atoms with Gasteiger partial charge in [0.05, 0.1) is 6.04 Å². The van der Waals surface area contributed by atoms with Crippen LogP contribution in [0, 0.1) is 23.2 Å². The first-order valence-electron chi connectivity index (χ1n) is 8.19. The number of primary amides is 1. The highest BCUT2D eigenvalue weighted by Gasteiger charge is 2.69. The van der Waals surface area contributed by atoms with Crippen molar-refractivity contribution in [3.8, 4) is 0 Å². The molecule has 3 aliphatic rings. The van der Waals surface area contributed by atoms with Crippen molar-refractivity contribution in [3.05, 3.63) is 0 Å². The highest BCUT2D eigenvalue weighted by molar-refractivity contribution is 5.89. The number of rotatable bonds is 7. The van der Waals surface area contributed by atoms with E-state index in [0.717, 1.165) is 0 Å². The molecule has 3 fully saturated rings. The quantitative estimate of drug-likeness (QED) is 0.575. The first-order chi connectivity index (χ1) is 11.6. The fraction of sp³-hybridized carbons (Fsp3) is 0.800. The molecule has 0 aromatic carbocycles. The molecule has 0 bridgehead atoms. The summed E-state index contributed by atoms with van der Waals surface area (Å²) in [7, 11) is 0. The summed E-state index contributed by atoms with van der Waals surface area (Å²) >= 11 is 0. The first kappa shape index (κ1) is 18.1. The van der Waals surface area contributed by atoms with E-state index >= 15 is 0 Å². The van der Waals surface area contributed by atoms with Crippen molar-refractivity contribution >= 4 is 17.6 Å². The number of halogens is 3. The van der Waals surface area contributed by atoms with E-state index in [1.807, 2.05) is 0 Å². The standard InChI is InChI=1S/C15H20F3N3O4/c16-15(17,18)25-6-10(22)9(3-7-1-2-20-13(7)24)14-4-8(14)5-21-11(14)12(19)23/h7-9,11,21H,1-6H2,(H2,19,23)(H,20,24)/t7-,8?,9-,11?,14?/m1/s1. The summed E-state index contributed by atoms with van der Waals surface area (Å²) in [5.41, 5.74) is 4.61. The minimum absolute atomic E-state index is 0.00528. The molecule has 1 aliphatic carbocycles. The Balaban J connectivity index is 1.81. The average molecular weight is 363 g/mol. The van der Waals surface area contributed by atoms with Crippen LogP contribution in [0.1, 0.15) is 19.3 Å². The monoisotopic (exact) mass is 363 g/mol. The number of Topliss-reactive ketones (excluding diaryl/α,β-unsaturated/α-hetero) is 1. The number of amides is 2. The molecule has 5 atom stereocenters. The zero-order chi connectivity index (χ0) is 18.4. The molecule has 7 nitrogen and oxygen atoms in total. The van der Waals surface area contributed by atoms with E-state index in [0.29, 0.717) is 25.9 Å². The molecule has 25 heavy (non-hydrogen) atoms. The lowest BCUT2D eigenvalue weighted by Crippen LogP contribution is -2.49. The van der Waals surface area contributed by atoms with Gasteiger partial charge in [-0.2, -0.15) is 0 Å². The van der Waals surface area contributed by atoms with Crippen LogP contribution >= 0.6 is 0 Å².